The summed E-state index contributed by atoms with van der Waals surface area (Å²) in [6.45, 7) is 1.97. The van der Waals surface area contributed by atoms with Gasteiger partial charge >= 0.3 is 0 Å². The molecule has 1 amide bonds. The molecule has 2 aromatic rings. The molecule has 0 radical (unpaired) electrons. The maximum absolute atomic E-state index is 12.3. The fourth-order valence-corrected chi connectivity index (χ4v) is 3.41. The van der Waals surface area contributed by atoms with Crippen molar-refractivity contribution in [3.8, 4) is 0 Å². The normalized spacial score (nSPS) is 28.1. The first-order chi connectivity index (χ1) is 9.70. The summed E-state index contributed by atoms with van der Waals surface area (Å²) in [5, 5.41) is 7.58. The molecular formula is C15H17N3O2. The van der Waals surface area contributed by atoms with Crippen LogP contribution in [0.4, 0.5) is 0 Å². The van der Waals surface area contributed by atoms with Gasteiger partial charge in [0.2, 0.25) is 0 Å². The van der Waals surface area contributed by atoms with E-state index in [0.717, 1.165) is 29.4 Å². The van der Waals surface area contributed by atoms with Crippen LogP contribution in [0.15, 0.2) is 22.9 Å². The van der Waals surface area contributed by atoms with Crippen molar-refractivity contribution in [2.24, 2.45) is 0 Å². The highest BCUT2D eigenvalue weighted by molar-refractivity contribution is 5.96. The Morgan fingerprint density at radius 3 is 3.15 bits per heavy atom. The van der Waals surface area contributed by atoms with Crippen LogP contribution in [-0.2, 0) is 0 Å². The number of hydrogen-bond acceptors (Lipinski definition) is 4. The molecule has 2 aliphatic rings. The molecule has 3 atom stereocenters. The number of nitrogens with zero attached hydrogens (tertiary/aromatic N) is 1. The third kappa shape index (κ3) is 1.81. The lowest BCUT2D eigenvalue weighted by Gasteiger charge is -2.21. The molecule has 0 saturated carbocycles. The molecule has 0 unspecified atom stereocenters. The fraction of sp³-hybridized carbons (Fsp3) is 0.467. The number of pyridine rings is 1. The van der Waals surface area contributed by atoms with Gasteiger partial charge in [-0.3, -0.25) is 4.79 Å². The van der Waals surface area contributed by atoms with E-state index in [0.29, 0.717) is 17.8 Å². The van der Waals surface area contributed by atoms with Crippen LogP contribution in [0.2, 0.25) is 0 Å². The number of fused-ring (bicyclic) bond motifs is 3. The minimum Gasteiger partial charge on any atom is -0.462 e. The van der Waals surface area contributed by atoms with Crippen molar-refractivity contribution in [1.29, 1.82) is 0 Å². The summed E-state index contributed by atoms with van der Waals surface area (Å²) >= 11 is 0. The Hall–Kier alpha value is -1.88. The zero-order valence-corrected chi connectivity index (χ0v) is 11.3. The largest absolute Gasteiger partial charge is 0.462 e. The van der Waals surface area contributed by atoms with Gasteiger partial charge in [0.1, 0.15) is 5.69 Å². The Morgan fingerprint density at radius 1 is 1.50 bits per heavy atom. The Morgan fingerprint density at radius 2 is 2.40 bits per heavy atom. The standard InChI is InChI=1S/C15H17N3O2/c1-8-7-20-14-6-16-13(5-10(8)14)15(19)18-12-4-9-2-3-11(12)17-9/h5-7,9,11-12,17H,2-4H2,1H3,(H,18,19)/t9-,11+,12-/m1/s1. The van der Waals surface area contributed by atoms with Crippen molar-refractivity contribution in [2.45, 2.75) is 44.3 Å². The SMILES string of the molecule is Cc1coc2cnc(C(=O)N[C@@H]3C[C@H]4CC[C@@H]3N4)cc12. The highest BCUT2D eigenvalue weighted by Gasteiger charge is 2.39. The topological polar surface area (TPSA) is 67.2 Å². The second-order valence-electron chi connectivity index (χ2n) is 5.85. The quantitative estimate of drug-likeness (QED) is 0.873. The zero-order chi connectivity index (χ0) is 13.7. The summed E-state index contributed by atoms with van der Waals surface area (Å²) in [5.41, 5.74) is 2.21. The number of amides is 1. The van der Waals surface area contributed by atoms with Gasteiger partial charge in [-0.2, -0.15) is 0 Å². The first kappa shape index (κ1) is 11.9. The molecule has 2 aliphatic heterocycles. The van der Waals surface area contributed by atoms with Crippen LogP contribution in [0.25, 0.3) is 11.0 Å². The number of aryl methyl sites for hydroxylation is 1. The Labute approximate surface area is 116 Å². The third-order valence-corrected chi connectivity index (χ3v) is 4.50. The van der Waals surface area contributed by atoms with Gasteiger partial charge in [0.15, 0.2) is 5.58 Å². The lowest BCUT2D eigenvalue weighted by atomic mass is 9.95. The van der Waals surface area contributed by atoms with Gasteiger partial charge in [0, 0.05) is 23.5 Å². The molecule has 20 heavy (non-hydrogen) atoms. The molecule has 2 fully saturated rings. The summed E-state index contributed by atoms with van der Waals surface area (Å²) < 4.78 is 5.35. The molecule has 0 aromatic carbocycles. The number of rotatable bonds is 2. The van der Waals surface area contributed by atoms with Gasteiger partial charge < -0.3 is 15.1 Å². The van der Waals surface area contributed by atoms with E-state index in [-0.39, 0.29) is 11.9 Å². The Bertz CT molecular complexity index is 679. The van der Waals surface area contributed by atoms with E-state index in [2.05, 4.69) is 15.6 Å². The van der Waals surface area contributed by atoms with E-state index < -0.39 is 0 Å². The predicted octanol–water partition coefficient (Wildman–Crippen LogP) is 1.76. The predicted molar refractivity (Wildman–Crippen MR) is 74.6 cm³/mol. The zero-order valence-electron chi connectivity index (χ0n) is 11.3. The minimum atomic E-state index is -0.0909. The van der Waals surface area contributed by atoms with Crippen LogP contribution in [0, 0.1) is 6.92 Å². The van der Waals surface area contributed by atoms with Gasteiger partial charge in [0.05, 0.1) is 12.5 Å². The lowest BCUT2D eigenvalue weighted by Crippen LogP contribution is -2.43. The average molecular weight is 271 g/mol. The number of aromatic nitrogens is 1. The Kier molecular flexibility index (Phi) is 2.57. The molecule has 2 bridgehead atoms. The average Bonchev–Trinajstić information content (AvgIpc) is 3.15. The van der Waals surface area contributed by atoms with Crippen LogP contribution in [0.1, 0.15) is 35.3 Å². The maximum Gasteiger partial charge on any atom is 0.270 e. The summed E-state index contributed by atoms with van der Waals surface area (Å²) in [6, 6.07) is 3.06. The maximum atomic E-state index is 12.3. The number of nitrogens with one attached hydrogen (secondary N) is 2. The second kappa shape index (κ2) is 4.31. The van der Waals surface area contributed by atoms with E-state index in [9.17, 15) is 4.79 Å². The summed E-state index contributed by atoms with van der Waals surface area (Å²) in [4.78, 5) is 16.5. The van der Waals surface area contributed by atoms with E-state index in [4.69, 9.17) is 4.42 Å². The second-order valence-corrected chi connectivity index (χ2v) is 5.85. The number of carbonyl (C=O) groups is 1. The highest BCUT2D eigenvalue weighted by Crippen LogP contribution is 2.28. The lowest BCUT2D eigenvalue weighted by molar-refractivity contribution is 0.0926. The van der Waals surface area contributed by atoms with Crippen molar-refractivity contribution in [1.82, 2.24) is 15.6 Å². The Balaban J connectivity index is 1.56. The molecule has 0 spiro atoms. The van der Waals surface area contributed by atoms with E-state index >= 15 is 0 Å². The van der Waals surface area contributed by atoms with E-state index in [1.807, 2.05) is 13.0 Å². The van der Waals surface area contributed by atoms with Crippen LogP contribution < -0.4 is 10.6 Å². The van der Waals surface area contributed by atoms with Crippen molar-refractivity contribution in [2.75, 3.05) is 0 Å². The van der Waals surface area contributed by atoms with Crippen molar-refractivity contribution >= 4 is 16.9 Å². The summed E-state index contributed by atoms with van der Waals surface area (Å²) in [5.74, 6) is -0.0909. The molecule has 0 aliphatic carbocycles. The summed E-state index contributed by atoms with van der Waals surface area (Å²) in [6.07, 6.45) is 6.73. The molecule has 2 aromatic heterocycles. The van der Waals surface area contributed by atoms with Crippen LogP contribution in [-0.4, -0.2) is 29.0 Å². The smallest absolute Gasteiger partial charge is 0.270 e. The van der Waals surface area contributed by atoms with Gasteiger partial charge in [-0.15, -0.1) is 0 Å². The molecular weight excluding hydrogens is 254 g/mol. The van der Waals surface area contributed by atoms with Crippen LogP contribution in [0.5, 0.6) is 0 Å². The number of hydrogen-bond donors (Lipinski definition) is 2. The number of furan rings is 1. The molecule has 104 valence electrons. The molecule has 2 saturated heterocycles. The fourth-order valence-electron chi connectivity index (χ4n) is 3.41. The summed E-state index contributed by atoms with van der Waals surface area (Å²) in [7, 11) is 0. The number of carbonyl (C=O) groups excluding carboxylic acids is 1. The highest BCUT2D eigenvalue weighted by atomic mass is 16.3. The molecule has 4 heterocycles. The van der Waals surface area contributed by atoms with Gasteiger partial charge in [-0.05, 0) is 37.8 Å². The van der Waals surface area contributed by atoms with E-state index in [1.54, 1.807) is 12.5 Å². The van der Waals surface area contributed by atoms with Crippen molar-refractivity contribution in [3.05, 3.63) is 29.8 Å². The third-order valence-electron chi connectivity index (χ3n) is 4.50. The molecule has 5 nitrogen and oxygen atoms in total. The van der Waals surface area contributed by atoms with E-state index in [1.165, 1.54) is 6.42 Å². The monoisotopic (exact) mass is 271 g/mol. The van der Waals surface area contributed by atoms with Crippen LogP contribution >= 0.6 is 0 Å². The molecule has 4 rings (SSSR count). The van der Waals surface area contributed by atoms with Gasteiger partial charge in [0.25, 0.3) is 5.91 Å². The van der Waals surface area contributed by atoms with Gasteiger partial charge in [-0.25, -0.2) is 4.98 Å². The molecule has 2 N–H and O–H groups in total. The van der Waals surface area contributed by atoms with Crippen molar-refractivity contribution in [3.63, 3.8) is 0 Å². The minimum absolute atomic E-state index is 0.0909. The first-order valence-electron chi connectivity index (χ1n) is 7.11. The molecule has 5 heteroatoms. The van der Waals surface area contributed by atoms with Crippen molar-refractivity contribution < 1.29 is 9.21 Å². The van der Waals surface area contributed by atoms with Crippen LogP contribution in [0.3, 0.4) is 0 Å². The van der Waals surface area contributed by atoms with Gasteiger partial charge in [-0.1, -0.05) is 0 Å². The first-order valence-corrected chi connectivity index (χ1v) is 7.11.